The molecule has 0 saturated carbocycles. The van der Waals surface area contributed by atoms with Crippen molar-refractivity contribution in [3.8, 4) is 0 Å². The summed E-state index contributed by atoms with van der Waals surface area (Å²) in [5.74, 6) is 1.65. The van der Waals surface area contributed by atoms with Crippen LogP contribution < -0.4 is 0 Å². The first kappa shape index (κ1) is 11.6. The Kier molecular flexibility index (Phi) is 4.17. The van der Waals surface area contributed by atoms with Gasteiger partial charge in [0, 0.05) is 6.42 Å². The largest absolute Gasteiger partial charge is 0.462 e. The molecule has 1 aliphatic carbocycles. The minimum atomic E-state index is 0.664. The Balaban J connectivity index is 2.49. The molecule has 0 radical (unpaired) electrons. The summed E-state index contributed by atoms with van der Waals surface area (Å²) in [6, 6.07) is 0. The molecule has 0 heterocycles. The molecule has 0 aromatic rings. The van der Waals surface area contributed by atoms with Crippen LogP contribution in [0.15, 0.2) is 60.1 Å². The molecule has 0 N–H and O–H groups in total. The van der Waals surface area contributed by atoms with Gasteiger partial charge in [0.2, 0.25) is 0 Å². The van der Waals surface area contributed by atoms with Gasteiger partial charge in [-0.15, -0.1) is 0 Å². The molecule has 0 aliphatic heterocycles. The molecular weight excluding hydrogens is 184 g/mol. The fourth-order valence-electron chi connectivity index (χ4n) is 1.24. The lowest BCUT2D eigenvalue weighted by molar-refractivity contribution is 0.304. The fraction of sp³-hybridized carbons (Fsp3) is 0.286. The van der Waals surface area contributed by atoms with Gasteiger partial charge < -0.3 is 4.74 Å². The normalized spacial score (nSPS) is 15.9. The SMILES string of the molecule is C=C(C)/C=C\C(=C)OC1=CC=C(C)CC1. The highest BCUT2D eigenvalue weighted by Gasteiger charge is 2.04. The lowest BCUT2D eigenvalue weighted by Crippen LogP contribution is -1.95. The van der Waals surface area contributed by atoms with Crippen LogP contribution in [0.1, 0.15) is 26.7 Å². The van der Waals surface area contributed by atoms with E-state index in [2.05, 4.69) is 26.2 Å². The van der Waals surface area contributed by atoms with Crippen LogP contribution in [0.25, 0.3) is 0 Å². The Bertz CT molecular complexity index is 354. The van der Waals surface area contributed by atoms with E-state index in [9.17, 15) is 0 Å². The van der Waals surface area contributed by atoms with Gasteiger partial charge in [0.05, 0.1) is 0 Å². The number of allylic oxidation sites excluding steroid dienone is 7. The van der Waals surface area contributed by atoms with Crippen LogP contribution in [0.2, 0.25) is 0 Å². The van der Waals surface area contributed by atoms with Crippen molar-refractivity contribution in [2.24, 2.45) is 0 Å². The molecule has 1 nitrogen and oxygen atoms in total. The first-order chi connectivity index (χ1) is 7.08. The maximum absolute atomic E-state index is 5.58. The van der Waals surface area contributed by atoms with E-state index in [0.29, 0.717) is 5.76 Å². The van der Waals surface area contributed by atoms with Crippen molar-refractivity contribution in [2.75, 3.05) is 0 Å². The predicted octanol–water partition coefficient (Wildman–Crippen LogP) is 4.27. The molecular formula is C14H18O. The molecule has 0 spiro atoms. The first-order valence-electron chi connectivity index (χ1n) is 5.14. The summed E-state index contributed by atoms with van der Waals surface area (Å²) in [7, 11) is 0. The Morgan fingerprint density at radius 3 is 2.53 bits per heavy atom. The number of hydrogen-bond donors (Lipinski definition) is 0. The van der Waals surface area contributed by atoms with Crippen molar-refractivity contribution < 1.29 is 4.74 Å². The van der Waals surface area contributed by atoms with Crippen LogP contribution in [0.3, 0.4) is 0 Å². The van der Waals surface area contributed by atoms with Gasteiger partial charge in [-0.2, -0.15) is 0 Å². The van der Waals surface area contributed by atoms with Gasteiger partial charge in [-0.25, -0.2) is 0 Å². The van der Waals surface area contributed by atoms with E-state index in [1.165, 1.54) is 5.57 Å². The molecule has 0 bridgehead atoms. The van der Waals surface area contributed by atoms with E-state index < -0.39 is 0 Å². The molecule has 0 atom stereocenters. The van der Waals surface area contributed by atoms with E-state index in [4.69, 9.17) is 4.74 Å². The van der Waals surface area contributed by atoms with E-state index in [0.717, 1.165) is 24.2 Å². The second-order valence-corrected chi connectivity index (χ2v) is 3.89. The van der Waals surface area contributed by atoms with E-state index in [-0.39, 0.29) is 0 Å². The molecule has 80 valence electrons. The number of hydrogen-bond acceptors (Lipinski definition) is 1. The highest BCUT2D eigenvalue weighted by atomic mass is 16.5. The monoisotopic (exact) mass is 202 g/mol. The van der Waals surface area contributed by atoms with E-state index in [1.807, 2.05) is 25.2 Å². The summed E-state index contributed by atoms with van der Waals surface area (Å²) < 4.78 is 5.58. The zero-order valence-corrected chi connectivity index (χ0v) is 9.55. The maximum Gasteiger partial charge on any atom is 0.119 e. The summed E-state index contributed by atoms with van der Waals surface area (Å²) in [5.41, 5.74) is 2.39. The van der Waals surface area contributed by atoms with Crippen molar-refractivity contribution in [1.82, 2.24) is 0 Å². The quantitative estimate of drug-likeness (QED) is 0.488. The molecule has 1 heteroatoms. The standard InChI is InChI=1S/C14H18O/c1-11(2)5-8-13(4)15-14-9-6-12(3)7-10-14/h5-6,8-9H,1,4,7,10H2,2-3H3/b8-5-. The van der Waals surface area contributed by atoms with Crippen LogP contribution in [0, 0.1) is 0 Å². The number of ether oxygens (including phenoxy) is 1. The van der Waals surface area contributed by atoms with E-state index >= 15 is 0 Å². The zero-order chi connectivity index (χ0) is 11.3. The molecule has 0 fully saturated rings. The minimum absolute atomic E-state index is 0.664. The minimum Gasteiger partial charge on any atom is -0.462 e. The van der Waals surface area contributed by atoms with Crippen LogP contribution in [0.5, 0.6) is 0 Å². The Hall–Kier alpha value is -1.50. The average molecular weight is 202 g/mol. The lowest BCUT2D eigenvalue weighted by Gasteiger charge is -2.13. The number of rotatable bonds is 4. The Morgan fingerprint density at radius 1 is 1.27 bits per heavy atom. The van der Waals surface area contributed by atoms with Crippen LogP contribution >= 0.6 is 0 Å². The second kappa shape index (κ2) is 5.40. The van der Waals surface area contributed by atoms with Crippen molar-refractivity contribution in [3.05, 3.63) is 60.1 Å². The Labute approximate surface area is 92.1 Å². The lowest BCUT2D eigenvalue weighted by atomic mass is 10.1. The summed E-state index contributed by atoms with van der Waals surface area (Å²) in [5, 5.41) is 0. The van der Waals surface area contributed by atoms with Crippen LogP contribution in [-0.4, -0.2) is 0 Å². The molecule has 0 saturated heterocycles. The van der Waals surface area contributed by atoms with Crippen molar-refractivity contribution in [2.45, 2.75) is 26.7 Å². The van der Waals surface area contributed by atoms with Crippen LogP contribution in [-0.2, 0) is 4.74 Å². The smallest absolute Gasteiger partial charge is 0.119 e. The predicted molar refractivity (Wildman–Crippen MR) is 65.3 cm³/mol. The zero-order valence-electron chi connectivity index (χ0n) is 9.55. The maximum atomic E-state index is 5.58. The average Bonchev–Trinajstić information content (AvgIpc) is 2.19. The molecule has 0 unspecified atom stereocenters. The van der Waals surface area contributed by atoms with Crippen LogP contribution in [0.4, 0.5) is 0 Å². The third-order valence-corrected chi connectivity index (χ3v) is 2.14. The fourth-order valence-corrected chi connectivity index (χ4v) is 1.24. The molecule has 0 aromatic heterocycles. The van der Waals surface area contributed by atoms with Gasteiger partial charge in [-0.3, -0.25) is 0 Å². The Morgan fingerprint density at radius 2 is 2.00 bits per heavy atom. The summed E-state index contributed by atoms with van der Waals surface area (Å²) in [6.07, 6.45) is 9.87. The van der Waals surface area contributed by atoms with Crippen molar-refractivity contribution >= 4 is 0 Å². The summed E-state index contributed by atoms with van der Waals surface area (Å²) in [6.45, 7) is 11.7. The summed E-state index contributed by atoms with van der Waals surface area (Å²) >= 11 is 0. The van der Waals surface area contributed by atoms with Gasteiger partial charge >= 0.3 is 0 Å². The molecule has 0 amide bonds. The first-order valence-corrected chi connectivity index (χ1v) is 5.14. The molecule has 1 aliphatic rings. The second-order valence-electron chi connectivity index (χ2n) is 3.89. The van der Waals surface area contributed by atoms with Crippen molar-refractivity contribution in [3.63, 3.8) is 0 Å². The van der Waals surface area contributed by atoms with E-state index in [1.54, 1.807) is 0 Å². The topological polar surface area (TPSA) is 9.23 Å². The third-order valence-electron chi connectivity index (χ3n) is 2.14. The van der Waals surface area contributed by atoms with Gasteiger partial charge in [0.25, 0.3) is 0 Å². The highest BCUT2D eigenvalue weighted by molar-refractivity contribution is 5.24. The van der Waals surface area contributed by atoms with Crippen molar-refractivity contribution in [1.29, 1.82) is 0 Å². The van der Waals surface area contributed by atoms with Gasteiger partial charge in [0.15, 0.2) is 0 Å². The van der Waals surface area contributed by atoms with Gasteiger partial charge in [-0.05, 0) is 32.4 Å². The molecule has 1 rings (SSSR count). The molecule has 0 aromatic carbocycles. The summed E-state index contributed by atoms with van der Waals surface area (Å²) in [4.78, 5) is 0. The molecule has 15 heavy (non-hydrogen) atoms. The van der Waals surface area contributed by atoms with Gasteiger partial charge in [0.1, 0.15) is 11.5 Å². The highest BCUT2D eigenvalue weighted by Crippen LogP contribution is 2.20. The van der Waals surface area contributed by atoms with Gasteiger partial charge in [-0.1, -0.05) is 36.5 Å². The third kappa shape index (κ3) is 4.50.